The first-order chi connectivity index (χ1) is 16.9. The molecular weight excluding hydrogens is 474 g/mol. The van der Waals surface area contributed by atoms with Crippen LogP contribution in [0.25, 0.3) is 0 Å². The fraction of sp³-hybridized carbons (Fsp3) is 0.250. The fourth-order valence-corrected chi connectivity index (χ4v) is 5.61. The maximum Gasteiger partial charge on any atom is 0.141 e. The summed E-state index contributed by atoms with van der Waals surface area (Å²) in [7, 11) is 0. The van der Waals surface area contributed by atoms with Gasteiger partial charge in [0.1, 0.15) is 5.82 Å². The van der Waals surface area contributed by atoms with Gasteiger partial charge in [0.15, 0.2) is 0 Å². The van der Waals surface area contributed by atoms with Crippen molar-refractivity contribution in [1.29, 1.82) is 0 Å². The molecular formula is C32H31Cl2F. The Balaban J connectivity index is 1.77. The third kappa shape index (κ3) is 6.34. The lowest BCUT2D eigenvalue weighted by Crippen LogP contribution is -2.19. The minimum absolute atomic E-state index is 0.132. The fourth-order valence-electron chi connectivity index (χ4n) is 5.22. The van der Waals surface area contributed by atoms with Crippen LogP contribution in [0.5, 0.6) is 0 Å². The zero-order valence-corrected chi connectivity index (χ0v) is 21.7. The maximum absolute atomic E-state index is 14.1. The van der Waals surface area contributed by atoms with Crippen molar-refractivity contribution in [2.24, 2.45) is 0 Å². The zero-order chi connectivity index (χ0) is 24.8. The SMILES string of the molecule is CC(CCC(c1ccc(F)c(Cl)c1)C(c1cccc(Cl)c1)C(C)c1ccccc1)c1ccccc1. The van der Waals surface area contributed by atoms with Gasteiger partial charge in [-0.2, -0.15) is 0 Å². The Hall–Kier alpha value is -2.61. The number of hydrogen-bond donors (Lipinski definition) is 0. The third-order valence-electron chi connectivity index (χ3n) is 7.18. The summed E-state index contributed by atoms with van der Waals surface area (Å²) >= 11 is 12.8. The summed E-state index contributed by atoms with van der Waals surface area (Å²) < 4.78 is 14.1. The highest BCUT2D eigenvalue weighted by molar-refractivity contribution is 6.31. The highest BCUT2D eigenvalue weighted by atomic mass is 35.5. The lowest BCUT2D eigenvalue weighted by atomic mass is 9.70. The molecule has 0 bridgehead atoms. The lowest BCUT2D eigenvalue weighted by molar-refractivity contribution is 0.426. The molecule has 180 valence electrons. The van der Waals surface area contributed by atoms with E-state index in [1.165, 1.54) is 22.8 Å². The maximum atomic E-state index is 14.1. The van der Waals surface area contributed by atoms with E-state index in [-0.39, 0.29) is 28.6 Å². The highest BCUT2D eigenvalue weighted by Gasteiger charge is 2.31. The molecule has 0 heterocycles. The van der Waals surface area contributed by atoms with E-state index < -0.39 is 0 Å². The molecule has 0 aliphatic heterocycles. The largest absolute Gasteiger partial charge is 0.205 e. The van der Waals surface area contributed by atoms with Gasteiger partial charge in [-0.15, -0.1) is 0 Å². The summed E-state index contributed by atoms with van der Waals surface area (Å²) in [6.45, 7) is 4.55. The van der Waals surface area contributed by atoms with Gasteiger partial charge < -0.3 is 0 Å². The van der Waals surface area contributed by atoms with Crippen molar-refractivity contribution in [3.63, 3.8) is 0 Å². The monoisotopic (exact) mass is 504 g/mol. The van der Waals surface area contributed by atoms with Crippen molar-refractivity contribution in [3.8, 4) is 0 Å². The molecule has 0 aromatic heterocycles. The Morgan fingerprint density at radius 3 is 1.89 bits per heavy atom. The number of hydrogen-bond acceptors (Lipinski definition) is 0. The van der Waals surface area contributed by atoms with Gasteiger partial charge in [-0.1, -0.05) is 116 Å². The first-order valence-electron chi connectivity index (χ1n) is 12.2. The predicted molar refractivity (Wildman–Crippen MR) is 147 cm³/mol. The minimum Gasteiger partial charge on any atom is -0.205 e. The van der Waals surface area contributed by atoms with E-state index in [4.69, 9.17) is 23.2 Å². The Bertz CT molecular complexity index is 1220. The second-order valence-corrected chi connectivity index (χ2v) is 10.3. The molecule has 4 aromatic rings. The molecule has 4 unspecified atom stereocenters. The van der Waals surface area contributed by atoms with Gasteiger partial charge in [-0.25, -0.2) is 4.39 Å². The highest BCUT2D eigenvalue weighted by Crippen LogP contribution is 2.47. The molecule has 0 fully saturated rings. The van der Waals surface area contributed by atoms with Gasteiger partial charge in [0.2, 0.25) is 0 Å². The molecule has 0 amide bonds. The lowest BCUT2D eigenvalue weighted by Gasteiger charge is -2.34. The van der Waals surface area contributed by atoms with E-state index in [1.54, 1.807) is 0 Å². The molecule has 0 saturated carbocycles. The van der Waals surface area contributed by atoms with Gasteiger partial charge >= 0.3 is 0 Å². The van der Waals surface area contributed by atoms with Gasteiger partial charge in [-0.3, -0.25) is 0 Å². The molecule has 3 heteroatoms. The van der Waals surface area contributed by atoms with Crippen molar-refractivity contribution in [2.45, 2.75) is 50.4 Å². The van der Waals surface area contributed by atoms with E-state index in [1.807, 2.05) is 30.3 Å². The van der Waals surface area contributed by atoms with Gasteiger partial charge in [0.05, 0.1) is 5.02 Å². The molecule has 4 aromatic carbocycles. The minimum atomic E-state index is -0.387. The summed E-state index contributed by atoms with van der Waals surface area (Å²) in [5, 5.41) is 0.891. The predicted octanol–water partition coefficient (Wildman–Crippen LogP) is 10.4. The van der Waals surface area contributed by atoms with Crippen LogP contribution in [0.1, 0.15) is 72.6 Å². The molecule has 0 N–H and O–H groups in total. The van der Waals surface area contributed by atoms with Gasteiger partial charge in [-0.05, 0) is 83.0 Å². The molecule has 4 atom stereocenters. The molecule has 0 spiro atoms. The third-order valence-corrected chi connectivity index (χ3v) is 7.71. The summed E-state index contributed by atoms with van der Waals surface area (Å²) in [6.07, 6.45) is 1.94. The number of benzene rings is 4. The van der Waals surface area contributed by atoms with E-state index in [9.17, 15) is 4.39 Å². The Labute approximate surface area is 218 Å². The van der Waals surface area contributed by atoms with Crippen LogP contribution < -0.4 is 0 Å². The van der Waals surface area contributed by atoms with E-state index in [0.29, 0.717) is 5.92 Å². The van der Waals surface area contributed by atoms with Crippen molar-refractivity contribution < 1.29 is 4.39 Å². The summed E-state index contributed by atoms with van der Waals surface area (Å²) in [5.41, 5.74) is 4.85. The van der Waals surface area contributed by atoms with Crippen LogP contribution in [0.3, 0.4) is 0 Å². The molecule has 0 aliphatic rings. The van der Waals surface area contributed by atoms with Crippen molar-refractivity contribution in [3.05, 3.63) is 141 Å². The molecule has 0 nitrogen and oxygen atoms in total. The average molecular weight is 506 g/mol. The molecule has 35 heavy (non-hydrogen) atoms. The van der Waals surface area contributed by atoms with E-state index in [2.05, 4.69) is 80.6 Å². The van der Waals surface area contributed by atoms with Crippen molar-refractivity contribution >= 4 is 23.2 Å². The second kappa shape index (κ2) is 11.9. The van der Waals surface area contributed by atoms with Gasteiger partial charge in [0, 0.05) is 5.02 Å². The van der Waals surface area contributed by atoms with Crippen LogP contribution in [-0.4, -0.2) is 0 Å². The second-order valence-electron chi connectivity index (χ2n) is 9.45. The molecule has 0 radical (unpaired) electrons. The first kappa shape index (κ1) is 25.5. The van der Waals surface area contributed by atoms with Crippen LogP contribution in [0.4, 0.5) is 4.39 Å². The normalized spacial score (nSPS) is 14.8. The quantitative estimate of drug-likeness (QED) is 0.212. The molecule has 0 saturated heterocycles. The van der Waals surface area contributed by atoms with E-state index >= 15 is 0 Å². The van der Waals surface area contributed by atoms with Crippen molar-refractivity contribution in [1.82, 2.24) is 0 Å². The smallest absolute Gasteiger partial charge is 0.141 e. The average Bonchev–Trinajstić information content (AvgIpc) is 2.88. The topological polar surface area (TPSA) is 0 Å². The first-order valence-corrected chi connectivity index (χ1v) is 13.0. The Kier molecular flexibility index (Phi) is 8.65. The summed E-state index contributed by atoms with van der Waals surface area (Å²) in [6, 6.07) is 34.6. The number of rotatable bonds is 9. The zero-order valence-electron chi connectivity index (χ0n) is 20.2. The van der Waals surface area contributed by atoms with Crippen LogP contribution in [-0.2, 0) is 0 Å². The van der Waals surface area contributed by atoms with E-state index in [0.717, 1.165) is 23.4 Å². The van der Waals surface area contributed by atoms with Gasteiger partial charge in [0.25, 0.3) is 0 Å². The van der Waals surface area contributed by atoms with Crippen LogP contribution >= 0.6 is 23.2 Å². The van der Waals surface area contributed by atoms with Crippen molar-refractivity contribution in [2.75, 3.05) is 0 Å². The Morgan fingerprint density at radius 1 is 0.629 bits per heavy atom. The molecule has 4 rings (SSSR count). The standard InChI is InChI=1S/C32H31Cl2F/c1-22(24-10-5-3-6-11-24)16-18-29(26-17-19-31(35)30(34)21-26)32(27-14-9-15-28(33)20-27)23(2)25-12-7-4-8-13-25/h3-15,17,19-23,29,32H,16,18H2,1-2H3. The number of halogens is 3. The van der Waals surface area contributed by atoms with Crippen LogP contribution in [0, 0.1) is 5.82 Å². The Morgan fingerprint density at radius 2 is 1.26 bits per heavy atom. The summed E-state index contributed by atoms with van der Waals surface area (Å²) in [4.78, 5) is 0. The molecule has 0 aliphatic carbocycles. The van der Waals surface area contributed by atoms with Crippen LogP contribution in [0.2, 0.25) is 10.0 Å². The summed E-state index contributed by atoms with van der Waals surface area (Å²) in [5.74, 6) is 0.507. The van der Waals surface area contributed by atoms with Crippen LogP contribution in [0.15, 0.2) is 103 Å².